The van der Waals surface area contributed by atoms with Gasteiger partial charge in [-0.05, 0) is 0 Å². The fourth-order valence-electron chi connectivity index (χ4n) is 2.55. The number of hydrogen-bond donors (Lipinski definition) is 2. The number of nitrogens with zero attached hydrogens (tertiary/aromatic N) is 4. The van der Waals surface area contributed by atoms with Crippen molar-refractivity contribution in [3.05, 3.63) is 72.3 Å². The van der Waals surface area contributed by atoms with Crippen LogP contribution in [0.2, 0.25) is 0 Å². The molecule has 0 unspecified atom stereocenters. The Hall–Kier alpha value is -4.34. The predicted octanol–water partition coefficient (Wildman–Crippen LogP) is 2.27. The highest BCUT2D eigenvalue weighted by Gasteiger charge is 2.17. The molecule has 0 atom stereocenters. The van der Waals surface area contributed by atoms with Crippen molar-refractivity contribution in [3.8, 4) is 22.8 Å². The Bertz CT molecular complexity index is 1050. The number of aromatic nitrogens is 6. The Kier molecular flexibility index (Phi) is 5.56. The number of rotatable bonds is 7. The smallest absolute Gasteiger partial charge is 0.378 e. The SMILES string of the molecule is O=C(OCCOC(=O)c1nc(-c2ccccc2)n[nH]1)c1n[nH]c(-c2ccccc2)n1. The number of carbonyl (C=O) groups is 2. The molecule has 0 amide bonds. The van der Waals surface area contributed by atoms with Gasteiger partial charge in [0, 0.05) is 11.1 Å². The van der Waals surface area contributed by atoms with Crippen LogP contribution in [0.15, 0.2) is 60.7 Å². The van der Waals surface area contributed by atoms with Gasteiger partial charge in [0.1, 0.15) is 13.2 Å². The lowest BCUT2D eigenvalue weighted by Crippen LogP contribution is -2.15. The zero-order valence-corrected chi connectivity index (χ0v) is 15.6. The van der Waals surface area contributed by atoms with E-state index in [2.05, 4.69) is 30.4 Å². The molecule has 10 nitrogen and oxygen atoms in total. The van der Waals surface area contributed by atoms with Gasteiger partial charge in [-0.2, -0.15) is 5.10 Å². The third-order valence-corrected chi connectivity index (χ3v) is 3.98. The molecule has 0 saturated heterocycles. The first-order chi connectivity index (χ1) is 14.7. The summed E-state index contributed by atoms with van der Waals surface area (Å²) in [6.45, 7) is -0.304. The van der Waals surface area contributed by atoms with Gasteiger partial charge in [-0.1, -0.05) is 60.7 Å². The summed E-state index contributed by atoms with van der Waals surface area (Å²) in [7, 11) is 0. The van der Waals surface area contributed by atoms with Gasteiger partial charge >= 0.3 is 11.9 Å². The first kappa shape index (κ1) is 19.0. The summed E-state index contributed by atoms with van der Waals surface area (Å²) in [6, 6.07) is 18.4. The molecule has 0 bridgehead atoms. The van der Waals surface area contributed by atoms with E-state index < -0.39 is 11.9 Å². The predicted molar refractivity (Wildman–Crippen MR) is 104 cm³/mol. The monoisotopic (exact) mass is 404 g/mol. The normalized spacial score (nSPS) is 10.5. The van der Waals surface area contributed by atoms with Gasteiger partial charge in [0.2, 0.25) is 5.82 Å². The van der Waals surface area contributed by atoms with E-state index in [4.69, 9.17) is 9.47 Å². The highest BCUT2D eigenvalue weighted by molar-refractivity contribution is 5.86. The van der Waals surface area contributed by atoms with Crippen LogP contribution < -0.4 is 0 Å². The maximum Gasteiger partial charge on any atom is 0.378 e. The van der Waals surface area contributed by atoms with Gasteiger partial charge in [-0.25, -0.2) is 19.6 Å². The molecular weight excluding hydrogens is 388 g/mol. The highest BCUT2D eigenvalue weighted by atomic mass is 16.6. The van der Waals surface area contributed by atoms with Crippen molar-refractivity contribution in [3.63, 3.8) is 0 Å². The van der Waals surface area contributed by atoms with E-state index in [0.29, 0.717) is 11.6 Å². The molecule has 4 rings (SSSR count). The molecule has 0 aliphatic carbocycles. The van der Waals surface area contributed by atoms with E-state index in [9.17, 15) is 9.59 Å². The summed E-state index contributed by atoms with van der Waals surface area (Å²) in [5.41, 5.74) is 1.56. The van der Waals surface area contributed by atoms with Crippen molar-refractivity contribution >= 4 is 11.9 Å². The average Bonchev–Trinajstić information content (AvgIpc) is 3.48. The Morgan fingerprint density at radius 3 is 2.07 bits per heavy atom. The fourth-order valence-corrected chi connectivity index (χ4v) is 2.55. The van der Waals surface area contributed by atoms with Gasteiger partial charge in [-0.15, -0.1) is 5.10 Å². The van der Waals surface area contributed by atoms with Gasteiger partial charge < -0.3 is 9.47 Å². The first-order valence-corrected chi connectivity index (χ1v) is 9.00. The van der Waals surface area contributed by atoms with Crippen molar-refractivity contribution in [2.24, 2.45) is 0 Å². The summed E-state index contributed by atoms with van der Waals surface area (Å²) in [5, 5.41) is 13.0. The second-order valence-electron chi connectivity index (χ2n) is 6.02. The molecule has 0 radical (unpaired) electrons. The van der Waals surface area contributed by atoms with Crippen LogP contribution >= 0.6 is 0 Å². The van der Waals surface area contributed by atoms with E-state index in [1.165, 1.54) is 0 Å². The lowest BCUT2D eigenvalue weighted by molar-refractivity contribution is 0.0251. The van der Waals surface area contributed by atoms with Crippen LogP contribution in [0.25, 0.3) is 22.8 Å². The zero-order chi connectivity index (χ0) is 20.8. The molecule has 2 N–H and O–H groups in total. The van der Waals surface area contributed by atoms with Crippen molar-refractivity contribution < 1.29 is 19.1 Å². The van der Waals surface area contributed by atoms with Crippen LogP contribution in [0.1, 0.15) is 21.2 Å². The van der Waals surface area contributed by atoms with Gasteiger partial charge in [-0.3, -0.25) is 10.2 Å². The fraction of sp³-hybridized carbons (Fsp3) is 0.100. The number of hydrogen-bond acceptors (Lipinski definition) is 8. The molecule has 2 heterocycles. The van der Waals surface area contributed by atoms with E-state index >= 15 is 0 Å². The Morgan fingerprint density at radius 1 is 0.733 bits per heavy atom. The molecule has 0 spiro atoms. The van der Waals surface area contributed by atoms with Crippen molar-refractivity contribution in [2.75, 3.05) is 13.2 Å². The highest BCUT2D eigenvalue weighted by Crippen LogP contribution is 2.14. The second-order valence-corrected chi connectivity index (χ2v) is 6.02. The number of ether oxygens (including phenoxy) is 2. The van der Waals surface area contributed by atoms with Gasteiger partial charge in [0.25, 0.3) is 5.82 Å². The molecular formula is C20H16N6O4. The number of nitrogens with one attached hydrogen (secondary N) is 2. The van der Waals surface area contributed by atoms with Crippen LogP contribution in [-0.2, 0) is 9.47 Å². The maximum absolute atomic E-state index is 12.0. The lowest BCUT2D eigenvalue weighted by Gasteiger charge is -2.03. The number of benzene rings is 2. The molecule has 0 aliphatic rings. The number of esters is 2. The minimum absolute atomic E-state index is 0.0401. The molecule has 4 aromatic rings. The minimum atomic E-state index is -0.726. The third kappa shape index (κ3) is 4.38. The molecule has 150 valence electrons. The summed E-state index contributed by atoms with van der Waals surface area (Å²) in [5.74, 6) is -0.744. The average molecular weight is 404 g/mol. The molecule has 0 saturated carbocycles. The van der Waals surface area contributed by atoms with Gasteiger partial charge in [0.15, 0.2) is 11.6 Å². The van der Waals surface area contributed by atoms with E-state index in [-0.39, 0.29) is 24.9 Å². The number of H-pyrrole nitrogens is 2. The van der Waals surface area contributed by atoms with Crippen LogP contribution in [0.4, 0.5) is 0 Å². The van der Waals surface area contributed by atoms with E-state index in [1.54, 1.807) is 0 Å². The molecule has 10 heteroatoms. The van der Waals surface area contributed by atoms with E-state index in [1.807, 2.05) is 60.7 Å². The molecule has 2 aromatic carbocycles. The number of aromatic amines is 2. The lowest BCUT2D eigenvalue weighted by atomic mass is 10.2. The molecule has 0 aliphatic heterocycles. The van der Waals surface area contributed by atoms with Crippen LogP contribution in [0, 0.1) is 0 Å². The first-order valence-electron chi connectivity index (χ1n) is 9.00. The largest absolute Gasteiger partial charge is 0.456 e. The maximum atomic E-state index is 12.0. The van der Waals surface area contributed by atoms with Crippen LogP contribution in [0.3, 0.4) is 0 Å². The Balaban J connectivity index is 1.25. The molecule has 30 heavy (non-hydrogen) atoms. The Labute approximate surface area is 170 Å². The van der Waals surface area contributed by atoms with E-state index in [0.717, 1.165) is 11.1 Å². The zero-order valence-electron chi connectivity index (χ0n) is 15.6. The van der Waals surface area contributed by atoms with Crippen molar-refractivity contribution in [1.29, 1.82) is 0 Å². The second kappa shape index (κ2) is 8.78. The summed E-state index contributed by atoms with van der Waals surface area (Å²) in [4.78, 5) is 32.3. The minimum Gasteiger partial charge on any atom is -0.456 e. The standard InChI is InChI=1S/C20H16N6O4/c27-19(17-21-15(23-25-17)13-7-3-1-4-8-13)29-11-12-30-20(28)18-22-16(24-26-18)14-9-5-2-6-10-14/h1-10H,11-12H2,(H,21,23,25)(H,22,24,26). The Morgan fingerprint density at radius 2 is 1.37 bits per heavy atom. The van der Waals surface area contributed by atoms with Crippen molar-refractivity contribution in [2.45, 2.75) is 0 Å². The topological polar surface area (TPSA) is 136 Å². The van der Waals surface area contributed by atoms with Crippen molar-refractivity contribution in [1.82, 2.24) is 30.4 Å². The molecule has 0 fully saturated rings. The summed E-state index contributed by atoms with van der Waals surface area (Å²) >= 11 is 0. The summed E-state index contributed by atoms with van der Waals surface area (Å²) in [6.07, 6.45) is 0. The molecule has 2 aromatic heterocycles. The quantitative estimate of drug-likeness (QED) is 0.354. The third-order valence-electron chi connectivity index (χ3n) is 3.98. The van der Waals surface area contributed by atoms with Crippen LogP contribution in [-0.4, -0.2) is 55.5 Å². The summed E-state index contributed by atoms with van der Waals surface area (Å²) < 4.78 is 10.1. The number of carbonyl (C=O) groups excluding carboxylic acids is 2. The van der Waals surface area contributed by atoms with Gasteiger partial charge in [0.05, 0.1) is 0 Å². The van der Waals surface area contributed by atoms with Crippen LogP contribution in [0.5, 0.6) is 0 Å².